The molecule has 0 atom stereocenters. The van der Waals surface area contributed by atoms with Gasteiger partial charge in [0.2, 0.25) is 5.89 Å². The molecule has 20 heavy (non-hydrogen) atoms. The molecule has 0 fully saturated rings. The molecule has 2 heterocycles. The highest BCUT2D eigenvalue weighted by atomic mass is 16.5. The Morgan fingerprint density at radius 1 is 1.25 bits per heavy atom. The zero-order valence-electron chi connectivity index (χ0n) is 11.7. The molecule has 0 aliphatic carbocycles. The molecule has 0 N–H and O–H groups in total. The van der Waals surface area contributed by atoms with Gasteiger partial charge in [-0.15, -0.1) is 0 Å². The highest BCUT2D eigenvalue weighted by molar-refractivity contribution is 5.78. The van der Waals surface area contributed by atoms with Gasteiger partial charge in [-0.2, -0.15) is 10.1 Å². The fourth-order valence-electron chi connectivity index (χ4n) is 2.06. The first-order chi connectivity index (χ1) is 9.72. The van der Waals surface area contributed by atoms with E-state index in [1.807, 2.05) is 49.2 Å². The molecule has 0 spiro atoms. The first-order valence-electron chi connectivity index (χ1n) is 6.59. The number of benzene rings is 1. The van der Waals surface area contributed by atoms with Crippen LogP contribution < -0.4 is 0 Å². The largest absolute Gasteiger partial charge is 0.337 e. The monoisotopic (exact) mass is 271 g/mol. The van der Waals surface area contributed by atoms with Gasteiger partial charge in [0.25, 0.3) is 0 Å². The van der Waals surface area contributed by atoms with Crippen molar-refractivity contribution in [2.45, 2.75) is 13.0 Å². The van der Waals surface area contributed by atoms with Crippen molar-refractivity contribution in [1.82, 2.24) is 24.8 Å². The van der Waals surface area contributed by atoms with Gasteiger partial charge in [-0.1, -0.05) is 23.4 Å². The van der Waals surface area contributed by atoms with Crippen LogP contribution in [-0.2, 0) is 13.0 Å². The lowest BCUT2D eigenvalue weighted by Gasteiger charge is -2.05. The first-order valence-corrected chi connectivity index (χ1v) is 6.59. The standard InChI is InChI=1S/C14H17N5O/c1-18(2)8-7-13-16-14(20-17-13)10-19-12-6-4-3-5-11(12)9-15-19/h3-6,9H,7-8,10H2,1-2H3. The Morgan fingerprint density at radius 3 is 2.95 bits per heavy atom. The van der Waals surface area contributed by atoms with E-state index in [-0.39, 0.29) is 0 Å². The normalized spacial score (nSPS) is 11.6. The van der Waals surface area contributed by atoms with E-state index < -0.39 is 0 Å². The summed E-state index contributed by atoms with van der Waals surface area (Å²) in [6.07, 6.45) is 2.63. The third-order valence-corrected chi connectivity index (χ3v) is 3.13. The topological polar surface area (TPSA) is 60.0 Å². The van der Waals surface area contributed by atoms with Crippen LogP contribution in [-0.4, -0.2) is 45.5 Å². The van der Waals surface area contributed by atoms with Gasteiger partial charge >= 0.3 is 0 Å². The van der Waals surface area contributed by atoms with Crippen LogP contribution in [0.25, 0.3) is 10.9 Å². The van der Waals surface area contributed by atoms with Crippen molar-refractivity contribution in [2.24, 2.45) is 0 Å². The first kappa shape index (κ1) is 12.8. The number of hydrogen-bond acceptors (Lipinski definition) is 5. The van der Waals surface area contributed by atoms with Gasteiger partial charge in [0.15, 0.2) is 5.82 Å². The molecular weight excluding hydrogens is 254 g/mol. The van der Waals surface area contributed by atoms with E-state index in [0.717, 1.165) is 29.7 Å². The number of aromatic nitrogens is 4. The molecule has 104 valence electrons. The minimum absolute atomic E-state index is 0.502. The Hall–Kier alpha value is -2.21. The van der Waals surface area contributed by atoms with Gasteiger partial charge in [0, 0.05) is 18.4 Å². The zero-order valence-corrected chi connectivity index (χ0v) is 11.7. The van der Waals surface area contributed by atoms with Gasteiger partial charge in [-0.05, 0) is 20.2 Å². The van der Waals surface area contributed by atoms with Crippen LogP contribution >= 0.6 is 0 Å². The number of likely N-dealkylation sites (N-methyl/N-ethyl adjacent to an activating group) is 1. The molecule has 0 aliphatic rings. The van der Waals surface area contributed by atoms with Crippen molar-refractivity contribution in [3.63, 3.8) is 0 Å². The predicted molar refractivity (Wildman–Crippen MR) is 75.4 cm³/mol. The SMILES string of the molecule is CN(C)CCc1noc(Cn2ncc3ccccc32)n1. The molecule has 0 radical (unpaired) electrons. The molecule has 0 saturated carbocycles. The molecule has 0 bridgehead atoms. The smallest absolute Gasteiger partial charge is 0.248 e. The maximum absolute atomic E-state index is 5.28. The summed E-state index contributed by atoms with van der Waals surface area (Å²) in [5.41, 5.74) is 1.07. The predicted octanol–water partition coefficient (Wildman–Crippen LogP) is 1.57. The van der Waals surface area contributed by atoms with Crippen LogP contribution in [0.15, 0.2) is 35.0 Å². The van der Waals surface area contributed by atoms with E-state index in [1.54, 1.807) is 0 Å². The lowest BCUT2D eigenvalue weighted by atomic mass is 10.3. The molecule has 2 aromatic heterocycles. The van der Waals surface area contributed by atoms with E-state index in [9.17, 15) is 0 Å². The van der Waals surface area contributed by atoms with Crippen molar-refractivity contribution >= 4 is 10.9 Å². The highest BCUT2D eigenvalue weighted by Crippen LogP contribution is 2.13. The summed E-state index contributed by atoms with van der Waals surface area (Å²) < 4.78 is 7.15. The Kier molecular flexibility index (Phi) is 3.47. The lowest BCUT2D eigenvalue weighted by molar-refractivity contribution is 0.357. The second-order valence-corrected chi connectivity index (χ2v) is 5.02. The van der Waals surface area contributed by atoms with E-state index in [1.165, 1.54) is 0 Å². The number of hydrogen-bond donors (Lipinski definition) is 0. The second kappa shape index (κ2) is 5.42. The van der Waals surface area contributed by atoms with Crippen LogP contribution in [0.5, 0.6) is 0 Å². The molecule has 3 aromatic rings. The summed E-state index contributed by atoms with van der Waals surface area (Å²) in [5.74, 6) is 1.33. The molecule has 0 amide bonds. The minimum Gasteiger partial charge on any atom is -0.337 e. The van der Waals surface area contributed by atoms with Crippen molar-refractivity contribution in [1.29, 1.82) is 0 Å². The molecule has 1 aromatic carbocycles. The van der Waals surface area contributed by atoms with Crippen molar-refractivity contribution < 1.29 is 4.52 Å². The van der Waals surface area contributed by atoms with Gasteiger partial charge in [-0.3, -0.25) is 4.68 Å². The Morgan fingerprint density at radius 2 is 2.10 bits per heavy atom. The van der Waals surface area contributed by atoms with Gasteiger partial charge < -0.3 is 9.42 Å². The summed E-state index contributed by atoms with van der Waals surface area (Å²) in [5, 5.41) is 9.46. The molecule has 0 aliphatic heterocycles. The molecule has 0 saturated heterocycles. The minimum atomic E-state index is 0.502. The maximum Gasteiger partial charge on any atom is 0.248 e. The summed E-state index contributed by atoms with van der Waals surface area (Å²) in [6.45, 7) is 1.41. The van der Waals surface area contributed by atoms with Crippen LogP contribution in [0, 0.1) is 0 Å². The second-order valence-electron chi connectivity index (χ2n) is 5.02. The van der Waals surface area contributed by atoms with Crippen molar-refractivity contribution in [3.05, 3.63) is 42.2 Å². The zero-order chi connectivity index (χ0) is 13.9. The van der Waals surface area contributed by atoms with E-state index in [0.29, 0.717) is 12.4 Å². The molecule has 3 rings (SSSR count). The molecule has 0 unspecified atom stereocenters. The van der Waals surface area contributed by atoms with Crippen molar-refractivity contribution in [3.8, 4) is 0 Å². The average Bonchev–Trinajstić information content (AvgIpc) is 3.05. The number of fused-ring (bicyclic) bond motifs is 1. The molecule has 6 nitrogen and oxygen atoms in total. The maximum atomic E-state index is 5.28. The lowest BCUT2D eigenvalue weighted by Crippen LogP contribution is -2.15. The Bertz CT molecular complexity index is 700. The van der Waals surface area contributed by atoms with Gasteiger partial charge in [0.05, 0.1) is 11.7 Å². The van der Waals surface area contributed by atoms with Crippen molar-refractivity contribution in [2.75, 3.05) is 20.6 Å². The quantitative estimate of drug-likeness (QED) is 0.705. The number of para-hydroxylation sites is 1. The average molecular weight is 271 g/mol. The van der Waals surface area contributed by atoms with Gasteiger partial charge in [-0.25, -0.2) is 0 Å². The van der Waals surface area contributed by atoms with E-state index in [2.05, 4.69) is 20.1 Å². The summed E-state index contributed by atoms with van der Waals surface area (Å²) in [7, 11) is 4.05. The van der Waals surface area contributed by atoms with E-state index in [4.69, 9.17) is 4.52 Å². The summed E-state index contributed by atoms with van der Waals surface area (Å²) in [6, 6.07) is 8.07. The van der Waals surface area contributed by atoms with Crippen LogP contribution in [0.2, 0.25) is 0 Å². The van der Waals surface area contributed by atoms with Crippen LogP contribution in [0.4, 0.5) is 0 Å². The van der Waals surface area contributed by atoms with Gasteiger partial charge in [0.1, 0.15) is 6.54 Å². The summed E-state index contributed by atoms with van der Waals surface area (Å²) in [4.78, 5) is 6.49. The number of nitrogens with zero attached hydrogens (tertiary/aromatic N) is 5. The fraction of sp³-hybridized carbons (Fsp3) is 0.357. The Labute approximate surface area is 117 Å². The third kappa shape index (κ3) is 2.70. The third-order valence-electron chi connectivity index (χ3n) is 3.13. The van der Waals surface area contributed by atoms with E-state index >= 15 is 0 Å². The van der Waals surface area contributed by atoms with Crippen LogP contribution in [0.3, 0.4) is 0 Å². The van der Waals surface area contributed by atoms with Crippen LogP contribution in [0.1, 0.15) is 11.7 Å². The molecular formula is C14H17N5O. The highest BCUT2D eigenvalue weighted by Gasteiger charge is 2.09. The molecule has 6 heteroatoms. The Balaban J connectivity index is 1.74. The number of rotatable bonds is 5. The fourth-order valence-corrected chi connectivity index (χ4v) is 2.06. The summed E-state index contributed by atoms with van der Waals surface area (Å²) >= 11 is 0.